The maximum atomic E-state index is 13.2. The van der Waals surface area contributed by atoms with Crippen molar-refractivity contribution >= 4 is 34.3 Å². The highest BCUT2D eigenvalue weighted by molar-refractivity contribution is 7.13. The van der Waals surface area contributed by atoms with Gasteiger partial charge in [0, 0.05) is 42.8 Å². The van der Waals surface area contributed by atoms with Gasteiger partial charge in [-0.3, -0.25) is 4.79 Å². The molecule has 9 heteroatoms. The number of amides is 1. The second-order valence-electron chi connectivity index (χ2n) is 7.90. The zero-order chi connectivity index (χ0) is 22.6. The maximum absolute atomic E-state index is 13.2. The molecule has 1 aromatic heterocycles. The summed E-state index contributed by atoms with van der Waals surface area (Å²) >= 11 is 1.36. The monoisotopic (exact) mass is 468 g/mol. The van der Waals surface area contributed by atoms with Gasteiger partial charge < -0.3 is 24.6 Å². The first kappa shape index (κ1) is 21.8. The first-order valence-electron chi connectivity index (χ1n) is 11.0. The lowest BCUT2D eigenvalue weighted by Gasteiger charge is -2.33. The third-order valence-electron chi connectivity index (χ3n) is 5.79. The van der Waals surface area contributed by atoms with Gasteiger partial charge in [0.25, 0.3) is 5.91 Å². The van der Waals surface area contributed by atoms with Crippen LogP contribution in [-0.4, -0.2) is 63.5 Å². The number of carbonyl (C=O) groups excluding carboxylic acids is 1. The van der Waals surface area contributed by atoms with Crippen LogP contribution in [0.3, 0.4) is 0 Å². The molecule has 2 aliphatic rings. The Hall–Kier alpha value is -3.01. The minimum atomic E-state index is -0.301. The standard InChI is InChI=1S/C24H25FN4O3S/c25-18-3-1-17(2-4-18)24-27-21(16-33-24)23(30)26-20-6-5-19(28-7-11-31-12-8-28)15-22(20)29-9-13-32-14-10-29/h1-6,15-16H,7-14H2,(H,26,30). The van der Waals surface area contributed by atoms with Gasteiger partial charge in [0.2, 0.25) is 0 Å². The van der Waals surface area contributed by atoms with E-state index >= 15 is 0 Å². The van der Waals surface area contributed by atoms with E-state index < -0.39 is 0 Å². The highest BCUT2D eigenvalue weighted by Crippen LogP contribution is 2.33. The Morgan fingerprint density at radius 1 is 0.939 bits per heavy atom. The van der Waals surface area contributed by atoms with Crippen LogP contribution in [0.4, 0.5) is 21.5 Å². The molecule has 2 aromatic carbocycles. The molecule has 1 N–H and O–H groups in total. The fraction of sp³-hybridized carbons (Fsp3) is 0.333. The first-order valence-corrected chi connectivity index (χ1v) is 11.9. The molecule has 1 amide bonds. The fourth-order valence-electron chi connectivity index (χ4n) is 4.00. The predicted octanol–water partition coefficient (Wildman–Crippen LogP) is 3.87. The van der Waals surface area contributed by atoms with Crippen molar-refractivity contribution in [3.8, 4) is 10.6 Å². The quantitative estimate of drug-likeness (QED) is 0.613. The van der Waals surface area contributed by atoms with E-state index in [2.05, 4.69) is 26.2 Å². The van der Waals surface area contributed by atoms with Gasteiger partial charge in [0.15, 0.2) is 0 Å². The summed E-state index contributed by atoms with van der Waals surface area (Å²) in [7, 11) is 0. The van der Waals surface area contributed by atoms with E-state index in [-0.39, 0.29) is 11.7 Å². The Morgan fingerprint density at radius 2 is 1.61 bits per heavy atom. The molecule has 3 aromatic rings. The predicted molar refractivity (Wildman–Crippen MR) is 128 cm³/mol. The molecule has 172 valence electrons. The number of thiazole rings is 1. The molecule has 2 aliphatic heterocycles. The molecular weight excluding hydrogens is 443 g/mol. The van der Waals surface area contributed by atoms with Crippen LogP contribution in [0.15, 0.2) is 47.8 Å². The summed E-state index contributed by atoms with van der Waals surface area (Å²) in [6.45, 7) is 5.96. The van der Waals surface area contributed by atoms with Crippen molar-refractivity contribution in [2.75, 3.05) is 67.7 Å². The molecule has 7 nitrogen and oxygen atoms in total. The number of ether oxygens (including phenoxy) is 2. The van der Waals surface area contributed by atoms with Crippen LogP contribution in [0, 0.1) is 5.82 Å². The SMILES string of the molecule is O=C(Nc1ccc(N2CCOCC2)cc1N1CCOCC1)c1csc(-c2ccc(F)cc2)n1. The Morgan fingerprint density at radius 3 is 2.30 bits per heavy atom. The van der Waals surface area contributed by atoms with Crippen LogP contribution in [-0.2, 0) is 9.47 Å². The molecule has 0 aliphatic carbocycles. The van der Waals surface area contributed by atoms with E-state index in [0.29, 0.717) is 37.1 Å². The minimum absolute atomic E-state index is 0.270. The summed E-state index contributed by atoms with van der Waals surface area (Å²) in [6.07, 6.45) is 0. The zero-order valence-electron chi connectivity index (χ0n) is 18.1. The average Bonchev–Trinajstić information content (AvgIpc) is 3.36. The van der Waals surface area contributed by atoms with Crippen molar-refractivity contribution < 1.29 is 18.7 Å². The summed E-state index contributed by atoms with van der Waals surface area (Å²) < 4.78 is 24.2. The summed E-state index contributed by atoms with van der Waals surface area (Å²) in [5.74, 6) is -0.572. The number of aromatic nitrogens is 1. The number of benzene rings is 2. The molecule has 0 spiro atoms. The van der Waals surface area contributed by atoms with Crippen molar-refractivity contribution in [1.29, 1.82) is 0 Å². The largest absolute Gasteiger partial charge is 0.378 e. The van der Waals surface area contributed by atoms with Gasteiger partial charge in [-0.2, -0.15) is 0 Å². The van der Waals surface area contributed by atoms with Gasteiger partial charge in [-0.1, -0.05) is 0 Å². The van der Waals surface area contributed by atoms with Crippen LogP contribution in [0.2, 0.25) is 0 Å². The van der Waals surface area contributed by atoms with E-state index in [0.717, 1.165) is 48.8 Å². The van der Waals surface area contributed by atoms with E-state index in [9.17, 15) is 9.18 Å². The summed E-state index contributed by atoms with van der Waals surface area (Å²) in [5.41, 5.74) is 3.96. The first-order chi connectivity index (χ1) is 16.2. The van der Waals surface area contributed by atoms with Crippen molar-refractivity contribution in [3.63, 3.8) is 0 Å². The smallest absolute Gasteiger partial charge is 0.275 e. The molecule has 0 bridgehead atoms. The molecule has 3 heterocycles. The van der Waals surface area contributed by atoms with E-state index in [1.165, 1.54) is 23.5 Å². The van der Waals surface area contributed by atoms with Crippen LogP contribution >= 0.6 is 11.3 Å². The molecule has 0 atom stereocenters. The third-order valence-corrected chi connectivity index (χ3v) is 6.68. The minimum Gasteiger partial charge on any atom is -0.378 e. The highest BCUT2D eigenvalue weighted by atomic mass is 32.1. The topological polar surface area (TPSA) is 66.9 Å². The number of rotatable bonds is 5. The molecule has 33 heavy (non-hydrogen) atoms. The van der Waals surface area contributed by atoms with Gasteiger partial charge >= 0.3 is 0 Å². The highest BCUT2D eigenvalue weighted by Gasteiger charge is 2.21. The van der Waals surface area contributed by atoms with Gasteiger partial charge in [-0.25, -0.2) is 9.37 Å². The Bertz CT molecular complexity index is 1110. The number of nitrogens with one attached hydrogen (secondary N) is 1. The summed E-state index contributed by atoms with van der Waals surface area (Å²) in [5, 5.41) is 5.45. The van der Waals surface area contributed by atoms with Crippen LogP contribution in [0.25, 0.3) is 10.6 Å². The molecule has 0 unspecified atom stereocenters. The van der Waals surface area contributed by atoms with Gasteiger partial charge in [-0.15, -0.1) is 11.3 Å². The molecular formula is C24H25FN4O3S. The molecule has 5 rings (SSSR count). The van der Waals surface area contributed by atoms with E-state index in [1.807, 2.05) is 12.1 Å². The van der Waals surface area contributed by atoms with Crippen molar-refractivity contribution in [2.45, 2.75) is 0 Å². The van der Waals surface area contributed by atoms with Crippen molar-refractivity contribution in [1.82, 2.24) is 4.98 Å². The van der Waals surface area contributed by atoms with Gasteiger partial charge in [0.1, 0.15) is 16.5 Å². The lowest BCUT2D eigenvalue weighted by atomic mass is 10.1. The molecule has 2 saturated heterocycles. The number of halogens is 1. The van der Waals surface area contributed by atoms with Gasteiger partial charge in [0.05, 0.1) is 37.8 Å². The summed E-state index contributed by atoms with van der Waals surface area (Å²) in [6, 6.07) is 12.2. The second kappa shape index (κ2) is 9.86. The second-order valence-corrected chi connectivity index (χ2v) is 8.76. The van der Waals surface area contributed by atoms with Crippen LogP contribution < -0.4 is 15.1 Å². The Balaban J connectivity index is 1.38. The third kappa shape index (κ3) is 5.00. The zero-order valence-corrected chi connectivity index (χ0v) is 18.9. The number of hydrogen-bond acceptors (Lipinski definition) is 7. The number of morpholine rings is 2. The lowest BCUT2D eigenvalue weighted by molar-refractivity contribution is 0.102. The number of nitrogens with zero attached hydrogens (tertiary/aromatic N) is 3. The molecule has 0 radical (unpaired) electrons. The van der Waals surface area contributed by atoms with E-state index in [1.54, 1.807) is 17.5 Å². The van der Waals surface area contributed by atoms with Crippen LogP contribution in [0.1, 0.15) is 10.5 Å². The van der Waals surface area contributed by atoms with E-state index in [4.69, 9.17) is 9.47 Å². The lowest BCUT2D eigenvalue weighted by Crippen LogP contribution is -2.38. The van der Waals surface area contributed by atoms with Gasteiger partial charge in [-0.05, 0) is 42.5 Å². The number of anilines is 3. The normalized spacial score (nSPS) is 16.6. The number of hydrogen-bond donors (Lipinski definition) is 1. The fourth-order valence-corrected chi connectivity index (χ4v) is 4.81. The Labute approximate surface area is 195 Å². The van der Waals surface area contributed by atoms with Crippen LogP contribution in [0.5, 0.6) is 0 Å². The summed E-state index contributed by atoms with van der Waals surface area (Å²) in [4.78, 5) is 22.0. The molecule has 2 fully saturated rings. The maximum Gasteiger partial charge on any atom is 0.275 e. The molecule has 0 saturated carbocycles. The van der Waals surface area contributed by atoms with Crippen molar-refractivity contribution in [3.05, 3.63) is 59.4 Å². The average molecular weight is 469 g/mol. The Kier molecular flexibility index (Phi) is 6.52. The van der Waals surface area contributed by atoms with Crippen molar-refractivity contribution in [2.24, 2.45) is 0 Å². The number of carbonyl (C=O) groups is 1.